The van der Waals surface area contributed by atoms with Crippen molar-refractivity contribution in [3.8, 4) is 0 Å². The molecule has 0 saturated carbocycles. The van der Waals surface area contributed by atoms with Crippen molar-refractivity contribution in [2.75, 3.05) is 5.32 Å². The Balaban J connectivity index is 0.000000168. The number of ether oxygens (including phenoxy) is 1. The lowest BCUT2D eigenvalue weighted by atomic mass is 10.1. The SMILES string of the molecule is CC[C@@H](O)Cc1ccccc1.O=C1Nc2cccc(c2)C(Cl)O1. The number of halogens is 1. The molecule has 122 valence electrons. The summed E-state index contributed by atoms with van der Waals surface area (Å²) >= 11 is 5.75. The summed E-state index contributed by atoms with van der Waals surface area (Å²) in [6, 6.07) is 17.2. The number of nitrogens with one attached hydrogen (secondary N) is 1. The Kier molecular flexibility index (Phi) is 6.44. The molecule has 5 heteroatoms. The first-order valence-electron chi connectivity index (χ1n) is 7.52. The number of fused-ring (bicyclic) bond motifs is 2. The van der Waals surface area contributed by atoms with Crippen LogP contribution in [-0.4, -0.2) is 17.3 Å². The van der Waals surface area contributed by atoms with E-state index in [1.54, 1.807) is 18.2 Å². The maximum absolute atomic E-state index is 10.9. The first-order chi connectivity index (χ1) is 11.1. The fourth-order valence-corrected chi connectivity index (χ4v) is 2.31. The molecule has 0 spiro atoms. The summed E-state index contributed by atoms with van der Waals surface area (Å²) < 4.78 is 4.78. The van der Waals surface area contributed by atoms with Crippen LogP contribution in [-0.2, 0) is 11.2 Å². The summed E-state index contributed by atoms with van der Waals surface area (Å²) in [6.07, 6.45) is 0.903. The minimum atomic E-state index is -0.688. The number of alkyl halides is 1. The molecule has 1 amide bonds. The van der Waals surface area contributed by atoms with Crippen LogP contribution in [0.3, 0.4) is 0 Å². The Morgan fingerprint density at radius 2 is 1.96 bits per heavy atom. The van der Waals surface area contributed by atoms with Crippen molar-refractivity contribution in [2.24, 2.45) is 0 Å². The van der Waals surface area contributed by atoms with Gasteiger partial charge in [0.1, 0.15) is 0 Å². The van der Waals surface area contributed by atoms with Crippen molar-refractivity contribution in [3.05, 3.63) is 65.7 Å². The van der Waals surface area contributed by atoms with Gasteiger partial charge in [0.2, 0.25) is 5.56 Å². The van der Waals surface area contributed by atoms with Crippen LogP contribution in [0.1, 0.15) is 30.0 Å². The van der Waals surface area contributed by atoms with E-state index in [4.69, 9.17) is 16.3 Å². The molecule has 1 unspecified atom stereocenters. The summed E-state index contributed by atoms with van der Waals surface area (Å²) in [6.45, 7) is 1.99. The van der Waals surface area contributed by atoms with Crippen molar-refractivity contribution in [3.63, 3.8) is 0 Å². The smallest absolute Gasteiger partial charge is 0.413 e. The van der Waals surface area contributed by atoms with Crippen LogP contribution in [0, 0.1) is 0 Å². The quantitative estimate of drug-likeness (QED) is 0.814. The highest BCUT2D eigenvalue weighted by Gasteiger charge is 2.17. The van der Waals surface area contributed by atoms with Crippen LogP contribution >= 0.6 is 11.6 Å². The molecule has 2 aromatic rings. The zero-order chi connectivity index (χ0) is 16.7. The average Bonchev–Trinajstić information content (AvgIpc) is 2.64. The average molecular weight is 334 g/mol. The van der Waals surface area contributed by atoms with Crippen molar-refractivity contribution < 1.29 is 14.6 Å². The largest absolute Gasteiger partial charge is 0.425 e. The summed E-state index contributed by atoms with van der Waals surface area (Å²) in [4.78, 5) is 10.9. The van der Waals surface area contributed by atoms with E-state index < -0.39 is 11.7 Å². The van der Waals surface area contributed by atoms with Gasteiger partial charge in [0.15, 0.2) is 0 Å². The Bertz CT molecular complexity index is 633. The number of carbonyl (C=O) groups excluding carboxylic acids is 1. The van der Waals surface area contributed by atoms with Gasteiger partial charge in [0.25, 0.3) is 0 Å². The van der Waals surface area contributed by atoms with Crippen LogP contribution in [0.5, 0.6) is 0 Å². The van der Waals surface area contributed by atoms with Crippen molar-refractivity contribution >= 4 is 23.4 Å². The molecular weight excluding hydrogens is 314 g/mol. The van der Waals surface area contributed by atoms with Crippen molar-refractivity contribution in [1.29, 1.82) is 0 Å². The maximum Gasteiger partial charge on any atom is 0.413 e. The fourth-order valence-electron chi connectivity index (χ4n) is 2.10. The molecule has 1 heterocycles. The molecule has 0 aromatic heterocycles. The summed E-state index contributed by atoms with van der Waals surface area (Å²) in [5.74, 6) is 0. The van der Waals surface area contributed by atoms with Gasteiger partial charge in [-0.25, -0.2) is 4.79 Å². The molecule has 4 nitrogen and oxygen atoms in total. The van der Waals surface area contributed by atoms with Gasteiger partial charge >= 0.3 is 6.09 Å². The Morgan fingerprint density at radius 3 is 2.65 bits per heavy atom. The molecule has 2 aromatic carbocycles. The van der Waals surface area contributed by atoms with Gasteiger partial charge in [0, 0.05) is 11.3 Å². The molecule has 0 fully saturated rings. The zero-order valence-corrected chi connectivity index (χ0v) is 13.7. The lowest BCUT2D eigenvalue weighted by Gasteiger charge is -2.06. The maximum atomic E-state index is 10.9. The topological polar surface area (TPSA) is 58.6 Å². The number of anilines is 1. The minimum absolute atomic E-state index is 0.183. The second kappa shape index (κ2) is 8.56. The van der Waals surface area contributed by atoms with Crippen LogP contribution in [0.2, 0.25) is 0 Å². The van der Waals surface area contributed by atoms with E-state index >= 15 is 0 Å². The van der Waals surface area contributed by atoms with Gasteiger partial charge in [0.05, 0.1) is 6.10 Å². The van der Waals surface area contributed by atoms with E-state index in [1.165, 1.54) is 5.56 Å². The van der Waals surface area contributed by atoms with E-state index in [9.17, 15) is 9.90 Å². The van der Waals surface area contributed by atoms with Crippen molar-refractivity contribution in [2.45, 2.75) is 31.4 Å². The van der Waals surface area contributed by atoms with E-state index in [-0.39, 0.29) is 6.10 Å². The normalized spacial score (nSPS) is 17.0. The standard InChI is InChI=1S/C10H14O.C8H6ClNO2/c1-2-10(11)8-9-6-4-3-5-7-9;9-7-5-2-1-3-6(4-5)10-8(11)12-7/h3-7,10-11H,2,8H2,1H3;1-4,7H,(H,10,11)/t10-;/m1./s1. The van der Waals surface area contributed by atoms with Crippen LogP contribution in [0.25, 0.3) is 0 Å². The van der Waals surface area contributed by atoms with Gasteiger partial charge in [-0.05, 0) is 30.5 Å². The second-order valence-electron chi connectivity index (χ2n) is 5.22. The summed E-state index contributed by atoms with van der Waals surface area (Å²) in [5, 5.41) is 11.8. The lowest BCUT2D eigenvalue weighted by Crippen LogP contribution is -2.11. The fraction of sp³-hybridized carbons (Fsp3) is 0.278. The number of amides is 1. The molecule has 1 aliphatic rings. The number of cyclic esters (lactones) is 1. The number of aliphatic hydroxyl groups is 1. The van der Waals surface area contributed by atoms with E-state index in [0.29, 0.717) is 5.69 Å². The third-order valence-electron chi connectivity index (χ3n) is 3.39. The monoisotopic (exact) mass is 333 g/mol. The molecule has 2 bridgehead atoms. The molecule has 0 aliphatic carbocycles. The number of benzene rings is 2. The third kappa shape index (κ3) is 5.58. The number of hydrogen-bond acceptors (Lipinski definition) is 3. The highest BCUT2D eigenvalue weighted by atomic mass is 35.5. The Labute approximate surface area is 141 Å². The minimum Gasteiger partial charge on any atom is -0.425 e. The predicted octanol–water partition coefficient (Wildman–Crippen LogP) is 4.49. The van der Waals surface area contributed by atoms with E-state index in [2.05, 4.69) is 5.32 Å². The van der Waals surface area contributed by atoms with Gasteiger partial charge in [-0.15, -0.1) is 0 Å². The predicted molar refractivity (Wildman–Crippen MR) is 91.6 cm³/mol. The molecule has 2 N–H and O–H groups in total. The number of hydrogen-bond donors (Lipinski definition) is 2. The first kappa shape index (κ1) is 17.3. The van der Waals surface area contributed by atoms with Gasteiger partial charge in [-0.3, -0.25) is 5.32 Å². The number of carbonyl (C=O) groups is 1. The van der Waals surface area contributed by atoms with E-state index in [0.717, 1.165) is 18.4 Å². The van der Waals surface area contributed by atoms with Gasteiger partial charge < -0.3 is 9.84 Å². The molecular formula is C18H20ClNO3. The molecule has 1 aliphatic heterocycles. The highest BCUT2D eigenvalue weighted by Crippen LogP contribution is 2.27. The highest BCUT2D eigenvalue weighted by molar-refractivity contribution is 6.20. The van der Waals surface area contributed by atoms with Gasteiger partial charge in [-0.1, -0.05) is 61.0 Å². The molecule has 3 rings (SSSR count). The molecule has 23 heavy (non-hydrogen) atoms. The second-order valence-corrected chi connectivity index (χ2v) is 5.62. The summed E-state index contributed by atoms with van der Waals surface area (Å²) in [7, 11) is 0. The van der Waals surface area contributed by atoms with Crippen LogP contribution in [0.15, 0.2) is 54.6 Å². The lowest BCUT2D eigenvalue weighted by molar-refractivity contribution is 0.149. The first-order valence-corrected chi connectivity index (χ1v) is 7.95. The van der Waals surface area contributed by atoms with Crippen molar-refractivity contribution in [1.82, 2.24) is 0 Å². The van der Waals surface area contributed by atoms with Gasteiger partial charge in [-0.2, -0.15) is 0 Å². The van der Waals surface area contributed by atoms with Crippen LogP contribution in [0.4, 0.5) is 10.5 Å². The van der Waals surface area contributed by atoms with Crippen LogP contribution < -0.4 is 5.32 Å². The Hall–Kier alpha value is -2.04. The molecule has 2 atom stereocenters. The molecule has 0 saturated heterocycles. The number of rotatable bonds is 3. The third-order valence-corrected chi connectivity index (χ3v) is 3.73. The summed E-state index contributed by atoms with van der Waals surface area (Å²) in [5.41, 5.74) is 2.02. The zero-order valence-electron chi connectivity index (χ0n) is 12.9. The van der Waals surface area contributed by atoms with E-state index in [1.807, 2.05) is 43.3 Å². The molecule has 0 radical (unpaired) electrons. The Morgan fingerprint density at radius 1 is 1.22 bits per heavy atom. The number of aliphatic hydroxyl groups excluding tert-OH is 1.